The molecule has 1 aromatic carbocycles. The number of hydrogen-bond acceptors (Lipinski definition) is 4. The Bertz CT molecular complexity index is 834. The third-order valence-electron chi connectivity index (χ3n) is 3.74. The maximum atomic E-state index is 12.5. The second kappa shape index (κ2) is 6.93. The number of benzene rings is 1. The molecule has 0 radical (unpaired) electrons. The van der Waals surface area contributed by atoms with Crippen LogP contribution in [0.5, 0.6) is 0 Å². The average Bonchev–Trinajstić information content (AvgIpc) is 3.13. The molecule has 0 bridgehead atoms. The van der Waals surface area contributed by atoms with Crippen LogP contribution in [0, 0.1) is 6.92 Å². The van der Waals surface area contributed by atoms with Crippen LogP contribution in [-0.4, -0.2) is 16.0 Å². The molecule has 24 heavy (non-hydrogen) atoms. The highest BCUT2D eigenvalue weighted by molar-refractivity contribution is 8.18. The van der Waals surface area contributed by atoms with Crippen molar-refractivity contribution in [3.8, 4) is 0 Å². The standard InChI is InChI=1S/C19H17NO3S/c1-13(10-16-8-5-9-23-16)11-17-18(21)20(19(22)24-17)12-15-7-4-3-6-14(15)2/h3-11H,12H2,1-2H3/b13-10+,17-11-. The summed E-state index contributed by atoms with van der Waals surface area (Å²) in [4.78, 5) is 26.5. The van der Waals surface area contributed by atoms with Gasteiger partial charge in [-0.15, -0.1) is 0 Å². The number of hydrogen-bond donors (Lipinski definition) is 0. The van der Waals surface area contributed by atoms with E-state index in [-0.39, 0.29) is 11.1 Å². The van der Waals surface area contributed by atoms with E-state index >= 15 is 0 Å². The van der Waals surface area contributed by atoms with E-state index in [4.69, 9.17) is 4.42 Å². The minimum absolute atomic E-state index is 0.236. The van der Waals surface area contributed by atoms with Gasteiger partial charge < -0.3 is 4.42 Å². The second-order valence-electron chi connectivity index (χ2n) is 5.60. The predicted octanol–water partition coefficient (Wildman–Crippen LogP) is 4.77. The molecule has 122 valence electrons. The first kappa shape index (κ1) is 16.3. The molecule has 2 amide bonds. The molecule has 4 nitrogen and oxygen atoms in total. The Kier molecular flexibility index (Phi) is 4.71. The summed E-state index contributed by atoms with van der Waals surface area (Å²) in [6, 6.07) is 11.4. The first-order valence-corrected chi connectivity index (χ1v) is 8.38. The van der Waals surface area contributed by atoms with Crippen LogP contribution in [0.25, 0.3) is 6.08 Å². The molecule has 0 unspecified atom stereocenters. The Morgan fingerprint density at radius 1 is 1.21 bits per heavy atom. The van der Waals surface area contributed by atoms with Crippen LogP contribution in [0.1, 0.15) is 23.8 Å². The summed E-state index contributed by atoms with van der Waals surface area (Å²) < 4.78 is 5.26. The fourth-order valence-electron chi connectivity index (χ4n) is 2.44. The van der Waals surface area contributed by atoms with E-state index in [1.165, 1.54) is 4.90 Å². The molecule has 2 heterocycles. The Balaban J connectivity index is 1.79. The van der Waals surface area contributed by atoms with Crippen LogP contribution in [0.15, 0.2) is 63.6 Å². The van der Waals surface area contributed by atoms with Gasteiger partial charge in [-0.2, -0.15) is 0 Å². The van der Waals surface area contributed by atoms with Crippen molar-refractivity contribution in [2.75, 3.05) is 0 Å². The lowest BCUT2D eigenvalue weighted by Crippen LogP contribution is -2.27. The van der Waals surface area contributed by atoms with Crippen molar-refractivity contribution < 1.29 is 14.0 Å². The summed E-state index contributed by atoms with van der Waals surface area (Å²) in [5, 5.41) is -0.236. The zero-order valence-electron chi connectivity index (χ0n) is 13.5. The van der Waals surface area contributed by atoms with Crippen molar-refractivity contribution in [2.24, 2.45) is 0 Å². The van der Waals surface area contributed by atoms with Gasteiger partial charge in [-0.1, -0.05) is 24.3 Å². The van der Waals surface area contributed by atoms with Crippen molar-refractivity contribution in [2.45, 2.75) is 20.4 Å². The molecular formula is C19H17NO3S. The van der Waals surface area contributed by atoms with E-state index in [0.29, 0.717) is 17.2 Å². The lowest BCUT2D eigenvalue weighted by Gasteiger charge is -2.14. The predicted molar refractivity (Wildman–Crippen MR) is 95.2 cm³/mol. The van der Waals surface area contributed by atoms with E-state index in [0.717, 1.165) is 28.5 Å². The maximum Gasteiger partial charge on any atom is 0.293 e. The largest absolute Gasteiger partial charge is 0.465 e. The summed E-state index contributed by atoms with van der Waals surface area (Å²) in [6.07, 6.45) is 5.15. The third kappa shape index (κ3) is 3.51. The van der Waals surface area contributed by atoms with Crippen molar-refractivity contribution >= 4 is 29.0 Å². The lowest BCUT2D eigenvalue weighted by atomic mass is 10.1. The van der Waals surface area contributed by atoms with E-state index in [1.807, 2.05) is 50.3 Å². The van der Waals surface area contributed by atoms with Crippen molar-refractivity contribution in [3.63, 3.8) is 0 Å². The molecule has 1 saturated heterocycles. The van der Waals surface area contributed by atoms with E-state index < -0.39 is 0 Å². The summed E-state index contributed by atoms with van der Waals surface area (Å²) in [5.41, 5.74) is 2.89. The van der Waals surface area contributed by atoms with Crippen molar-refractivity contribution in [1.29, 1.82) is 0 Å². The zero-order valence-corrected chi connectivity index (χ0v) is 14.3. The van der Waals surface area contributed by atoms with Gasteiger partial charge in [-0.3, -0.25) is 14.5 Å². The molecule has 1 aliphatic heterocycles. The molecule has 1 aromatic heterocycles. The van der Waals surface area contributed by atoms with Crippen LogP contribution in [-0.2, 0) is 11.3 Å². The van der Waals surface area contributed by atoms with Crippen molar-refractivity contribution in [3.05, 3.63) is 76.1 Å². The number of nitrogens with zero attached hydrogens (tertiary/aromatic N) is 1. The summed E-state index contributed by atoms with van der Waals surface area (Å²) in [5.74, 6) is 0.461. The van der Waals surface area contributed by atoms with Gasteiger partial charge in [-0.05, 0) is 66.6 Å². The van der Waals surface area contributed by atoms with E-state index in [1.54, 1.807) is 18.4 Å². The Labute approximate surface area is 144 Å². The van der Waals surface area contributed by atoms with Crippen molar-refractivity contribution in [1.82, 2.24) is 4.90 Å². The van der Waals surface area contributed by atoms with Gasteiger partial charge in [0.1, 0.15) is 5.76 Å². The number of allylic oxidation sites excluding steroid dienone is 2. The number of carbonyl (C=O) groups excluding carboxylic acids is 2. The maximum absolute atomic E-state index is 12.5. The minimum Gasteiger partial charge on any atom is -0.465 e. The minimum atomic E-state index is -0.250. The smallest absolute Gasteiger partial charge is 0.293 e. The monoisotopic (exact) mass is 339 g/mol. The first-order valence-electron chi connectivity index (χ1n) is 7.56. The molecule has 5 heteroatoms. The van der Waals surface area contributed by atoms with Crippen LogP contribution < -0.4 is 0 Å². The Morgan fingerprint density at radius 2 is 2.00 bits per heavy atom. The fourth-order valence-corrected chi connectivity index (χ4v) is 3.33. The summed E-state index contributed by atoms with van der Waals surface area (Å²) >= 11 is 0.975. The molecular weight excluding hydrogens is 322 g/mol. The number of furan rings is 1. The van der Waals surface area contributed by atoms with Gasteiger partial charge in [0, 0.05) is 0 Å². The Morgan fingerprint density at radius 3 is 2.71 bits per heavy atom. The number of aryl methyl sites for hydroxylation is 1. The van der Waals surface area contributed by atoms with Gasteiger partial charge in [0.05, 0.1) is 17.7 Å². The number of carbonyl (C=O) groups is 2. The van der Waals surface area contributed by atoms with E-state index in [2.05, 4.69) is 0 Å². The van der Waals surface area contributed by atoms with Gasteiger partial charge in [0.25, 0.3) is 11.1 Å². The number of amides is 2. The van der Waals surface area contributed by atoms with Gasteiger partial charge in [-0.25, -0.2) is 0 Å². The molecule has 0 N–H and O–H groups in total. The van der Waals surface area contributed by atoms with Crippen LogP contribution in [0.4, 0.5) is 4.79 Å². The molecule has 1 fully saturated rings. The fraction of sp³-hybridized carbons (Fsp3) is 0.158. The average molecular weight is 339 g/mol. The second-order valence-corrected chi connectivity index (χ2v) is 6.59. The number of imide groups is 1. The molecule has 1 aliphatic rings. The van der Waals surface area contributed by atoms with Crippen LogP contribution in [0.3, 0.4) is 0 Å². The number of thioether (sulfide) groups is 1. The SMILES string of the molecule is CC(/C=C1\SC(=O)N(Cc2ccccc2C)C1=O)=C\c1ccco1. The van der Waals surface area contributed by atoms with Gasteiger partial charge in [0.15, 0.2) is 0 Å². The topological polar surface area (TPSA) is 50.5 Å². The summed E-state index contributed by atoms with van der Waals surface area (Å²) in [6.45, 7) is 4.15. The van der Waals surface area contributed by atoms with Crippen LogP contribution in [0.2, 0.25) is 0 Å². The first-order chi connectivity index (χ1) is 11.5. The highest BCUT2D eigenvalue weighted by Gasteiger charge is 2.35. The molecule has 0 saturated carbocycles. The molecule has 0 aliphatic carbocycles. The normalized spacial score (nSPS) is 17.2. The highest BCUT2D eigenvalue weighted by Crippen LogP contribution is 2.33. The van der Waals surface area contributed by atoms with Crippen LogP contribution >= 0.6 is 11.8 Å². The highest BCUT2D eigenvalue weighted by atomic mass is 32.2. The number of rotatable bonds is 4. The zero-order chi connectivity index (χ0) is 17.1. The quantitative estimate of drug-likeness (QED) is 0.753. The lowest BCUT2D eigenvalue weighted by molar-refractivity contribution is -0.123. The van der Waals surface area contributed by atoms with Gasteiger partial charge in [0.2, 0.25) is 0 Å². The van der Waals surface area contributed by atoms with E-state index in [9.17, 15) is 9.59 Å². The summed E-state index contributed by atoms with van der Waals surface area (Å²) in [7, 11) is 0. The molecule has 0 atom stereocenters. The van der Waals surface area contributed by atoms with Gasteiger partial charge >= 0.3 is 0 Å². The Hall–Kier alpha value is -2.53. The molecule has 0 spiro atoms. The molecule has 3 rings (SSSR count). The third-order valence-corrected chi connectivity index (χ3v) is 4.64. The molecule has 2 aromatic rings.